The van der Waals surface area contributed by atoms with E-state index in [1.807, 2.05) is 48.5 Å². The van der Waals surface area contributed by atoms with Crippen LogP contribution in [0.15, 0.2) is 60.7 Å². The van der Waals surface area contributed by atoms with E-state index in [1.54, 1.807) is 7.11 Å². The highest BCUT2D eigenvalue weighted by molar-refractivity contribution is 5.18. The Kier molecular flexibility index (Phi) is 5.56. The van der Waals surface area contributed by atoms with E-state index in [-0.39, 0.29) is 6.04 Å². The van der Waals surface area contributed by atoms with Crippen LogP contribution in [-0.2, 0) is 16.2 Å². The summed E-state index contributed by atoms with van der Waals surface area (Å²) in [7, 11) is 1.69. The molecule has 0 aromatic heterocycles. The molecule has 100 valence electrons. The van der Waals surface area contributed by atoms with Gasteiger partial charge >= 0.3 is 0 Å². The lowest BCUT2D eigenvalue weighted by Crippen LogP contribution is -2.25. The van der Waals surface area contributed by atoms with Gasteiger partial charge in [-0.05, 0) is 11.1 Å². The quantitative estimate of drug-likeness (QED) is 0.773. The van der Waals surface area contributed by atoms with Crippen LogP contribution in [0.3, 0.4) is 0 Å². The fraction of sp³-hybridized carbons (Fsp3) is 0.250. The average Bonchev–Trinajstić information content (AvgIpc) is 2.48. The van der Waals surface area contributed by atoms with Crippen molar-refractivity contribution in [2.24, 2.45) is 0 Å². The molecular weight excluding hydrogens is 238 g/mol. The number of methoxy groups -OCH3 is 1. The number of ether oxygens (including phenoxy) is 1. The van der Waals surface area contributed by atoms with E-state index in [1.165, 1.54) is 0 Å². The molecule has 0 saturated heterocycles. The summed E-state index contributed by atoms with van der Waals surface area (Å²) < 4.78 is 5.22. The molecule has 2 aromatic rings. The van der Waals surface area contributed by atoms with Crippen molar-refractivity contribution in [3.05, 3.63) is 71.8 Å². The van der Waals surface area contributed by atoms with Crippen LogP contribution >= 0.6 is 0 Å². The average molecular weight is 257 g/mol. The van der Waals surface area contributed by atoms with Crippen molar-refractivity contribution in [1.82, 2.24) is 5.48 Å². The van der Waals surface area contributed by atoms with E-state index in [0.29, 0.717) is 13.2 Å². The second-order valence-electron chi connectivity index (χ2n) is 4.31. The van der Waals surface area contributed by atoms with Crippen molar-refractivity contribution in [1.29, 1.82) is 0 Å². The van der Waals surface area contributed by atoms with Crippen molar-refractivity contribution in [2.75, 3.05) is 13.7 Å². The zero-order valence-corrected chi connectivity index (χ0v) is 11.1. The molecule has 0 fully saturated rings. The maximum absolute atomic E-state index is 5.56. The lowest BCUT2D eigenvalue weighted by Gasteiger charge is -2.18. The highest BCUT2D eigenvalue weighted by Gasteiger charge is 2.10. The van der Waals surface area contributed by atoms with Gasteiger partial charge in [-0.25, -0.2) is 0 Å². The van der Waals surface area contributed by atoms with Crippen molar-refractivity contribution in [3.8, 4) is 0 Å². The Labute approximate surface area is 114 Å². The minimum Gasteiger partial charge on any atom is -0.383 e. The summed E-state index contributed by atoms with van der Waals surface area (Å²) >= 11 is 0. The number of nitrogens with one attached hydrogen (secondary N) is 1. The third kappa shape index (κ3) is 4.48. The Bertz CT molecular complexity index is 459. The van der Waals surface area contributed by atoms with Gasteiger partial charge in [-0.1, -0.05) is 60.7 Å². The molecule has 3 heteroatoms. The summed E-state index contributed by atoms with van der Waals surface area (Å²) in [5.74, 6) is 0. The van der Waals surface area contributed by atoms with E-state index in [0.717, 1.165) is 11.1 Å². The van der Waals surface area contributed by atoms with Crippen LogP contribution in [0.25, 0.3) is 0 Å². The molecule has 0 bridgehead atoms. The molecule has 1 N–H and O–H groups in total. The summed E-state index contributed by atoms with van der Waals surface area (Å²) in [4.78, 5) is 5.56. The molecule has 19 heavy (non-hydrogen) atoms. The van der Waals surface area contributed by atoms with Gasteiger partial charge in [-0.3, -0.25) is 4.84 Å². The van der Waals surface area contributed by atoms with Crippen LogP contribution in [0.5, 0.6) is 0 Å². The fourth-order valence-corrected chi connectivity index (χ4v) is 1.85. The molecule has 0 aliphatic heterocycles. The van der Waals surface area contributed by atoms with Gasteiger partial charge in [0.2, 0.25) is 0 Å². The predicted molar refractivity (Wildman–Crippen MR) is 75.4 cm³/mol. The Morgan fingerprint density at radius 3 is 2.21 bits per heavy atom. The number of hydrogen-bond acceptors (Lipinski definition) is 3. The Balaban J connectivity index is 1.87. The maximum atomic E-state index is 5.56. The van der Waals surface area contributed by atoms with Gasteiger partial charge in [0.05, 0.1) is 19.3 Å². The molecule has 0 heterocycles. The smallest absolute Gasteiger partial charge is 0.0933 e. The highest BCUT2D eigenvalue weighted by atomic mass is 16.6. The molecule has 0 aliphatic carbocycles. The number of hydroxylamine groups is 1. The van der Waals surface area contributed by atoms with Gasteiger partial charge in [-0.2, -0.15) is 5.48 Å². The van der Waals surface area contributed by atoms with Gasteiger partial charge < -0.3 is 4.74 Å². The van der Waals surface area contributed by atoms with Crippen LogP contribution in [0.2, 0.25) is 0 Å². The van der Waals surface area contributed by atoms with E-state index in [4.69, 9.17) is 9.57 Å². The molecular formula is C16H19NO2. The summed E-state index contributed by atoms with van der Waals surface area (Å²) in [6.45, 7) is 1.10. The molecule has 2 rings (SSSR count). The van der Waals surface area contributed by atoms with Crippen molar-refractivity contribution in [3.63, 3.8) is 0 Å². The number of rotatable bonds is 7. The van der Waals surface area contributed by atoms with Crippen LogP contribution in [0.4, 0.5) is 0 Å². The molecule has 1 atom stereocenters. The summed E-state index contributed by atoms with van der Waals surface area (Å²) in [6, 6.07) is 20.2. The van der Waals surface area contributed by atoms with Crippen LogP contribution in [-0.4, -0.2) is 13.7 Å². The second-order valence-corrected chi connectivity index (χ2v) is 4.31. The third-order valence-corrected chi connectivity index (χ3v) is 2.84. The molecule has 2 aromatic carbocycles. The summed E-state index contributed by atoms with van der Waals surface area (Å²) in [5, 5.41) is 0. The van der Waals surface area contributed by atoms with E-state index < -0.39 is 0 Å². The van der Waals surface area contributed by atoms with E-state index in [9.17, 15) is 0 Å². The molecule has 0 saturated carbocycles. The normalized spacial score (nSPS) is 12.3. The van der Waals surface area contributed by atoms with Crippen LogP contribution in [0, 0.1) is 0 Å². The summed E-state index contributed by atoms with van der Waals surface area (Å²) in [5.41, 5.74) is 5.35. The molecule has 0 aliphatic rings. The van der Waals surface area contributed by atoms with Crippen LogP contribution in [0.1, 0.15) is 17.2 Å². The van der Waals surface area contributed by atoms with Crippen molar-refractivity contribution in [2.45, 2.75) is 12.6 Å². The minimum absolute atomic E-state index is 0.0370. The Morgan fingerprint density at radius 2 is 1.58 bits per heavy atom. The largest absolute Gasteiger partial charge is 0.383 e. The van der Waals surface area contributed by atoms with Gasteiger partial charge in [0, 0.05) is 7.11 Å². The van der Waals surface area contributed by atoms with Gasteiger partial charge in [0.15, 0.2) is 0 Å². The maximum Gasteiger partial charge on any atom is 0.0933 e. The van der Waals surface area contributed by atoms with Gasteiger partial charge in [-0.15, -0.1) is 0 Å². The minimum atomic E-state index is 0.0370. The molecule has 1 unspecified atom stereocenters. The SMILES string of the molecule is COCC(NOCc1ccccc1)c1ccccc1. The van der Waals surface area contributed by atoms with Gasteiger partial charge in [0.1, 0.15) is 0 Å². The van der Waals surface area contributed by atoms with E-state index >= 15 is 0 Å². The van der Waals surface area contributed by atoms with Gasteiger partial charge in [0.25, 0.3) is 0 Å². The first-order valence-corrected chi connectivity index (χ1v) is 6.35. The third-order valence-electron chi connectivity index (χ3n) is 2.84. The Morgan fingerprint density at radius 1 is 0.947 bits per heavy atom. The topological polar surface area (TPSA) is 30.5 Å². The molecule has 0 radical (unpaired) electrons. The van der Waals surface area contributed by atoms with Crippen molar-refractivity contribution < 1.29 is 9.57 Å². The fourth-order valence-electron chi connectivity index (χ4n) is 1.85. The van der Waals surface area contributed by atoms with E-state index in [2.05, 4.69) is 17.6 Å². The Hall–Kier alpha value is -1.68. The monoisotopic (exact) mass is 257 g/mol. The molecule has 0 spiro atoms. The van der Waals surface area contributed by atoms with Crippen molar-refractivity contribution >= 4 is 0 Å². The number of hydrogen-bond donors (Lipinski definition) is 1. The summed E-state index contributed by atoms with van der Waals surface area (Å²) in [6.07, 6.45) is 0. The lowest BCUT2D eigenvalue weighted by atomic mass is 10.1. The first-order valence-electron chi connectivity index (χ1n) is 6.35. The molecule has 3 nitrogen and oxygen atoms in total. The first-order chi connectivity index (χ1) is 9.40. The standard InChI is InChI=1S/C16H19NO2/c1-18-13-16(15-10-6-3-7-11-15)17-19-12-14-8-4-2-5-9-14/h2-11,16-17H,12-13H2,1H3. The zero-order valence-electron chi connectivity index (χ0n) is 11.1. The number of benzene rings is 2. The highest BCUT2D eigenvalue weighted by Crippen LogP contribution is 2.13. The molecule has 0 amide bonds. The first kappa shape index (κ1) is 13.7. The lowest BCUT2D eigenvalue weighted by molar-refractivity contribution is -0.0161. The predicted octanol–water partition coefficient (Wildman–Crippen LogP) is 3.10. The van der Waals surface area contributed by atoms with Crippen LogP contribution < -0.4 is 5.48 Å². The zero-order chi connectivity index (χ0) is 13.3. The second kappa shape index (κ2) is 7.69.